The molecular formula is C18H26ClN3O4. The van der Waals surface area contributed by atoms with Crippen molar-refractivity contribution < 1.29 is 19.1 Å². The molecule has 1 atom stereocenters. The summed E-state index contributed by atoms with van der Waals surface area (Å²) in [4.78, 5) is 28.8. The Bertz CT molecular complexity index is 641. The number of halogens is 1. The van der Waals surface area contributed by atoms with E-state index in [0.717, 1.165) is 19.4 Å². The summed E-state index contributed by atoms with van der Waals surface area (Å²) in [6, 6.07) is 5.12. The Morgan fingerprint density at radius 2 is 1.69 bits per heavy atom. The normalized spacial score (nSPS) is 19.7. The van der Waals surface area contributed by atoms with E-state index in [1.807, 2.05) is 4.90 Å². The molecule has 2 fully saturated rings. The van der Waals surface area contributed by atoms with E-state index in [-0.39, 0.29) is 30.3 Å². The molecule has 0 radical (unpaired) electrons. The maximum atomic E-state index is 12.7. The van der Waals surface area contributed by atoms with Crippen LogP contribution in [0, 0.1) is 0 Å². The maximum Gasteiger partial charge on any atom is 0.254 e. The van der Waals surface area contributed by atoms with Gasteiger partial charge in [0.2, 0.25) is 5.91 Å². The number of piperazine rings is 1. The molecule has 7 nitrogen and oxygen atoms in total. The van der Waals surface area contributed by atoms with Gasteiger partial charge < -0.3 is 24.6 Å². The fourth-order valence-electron chi connectivity index (χ4n) is 3.40. The van der Waals surface area contributed by atoms with E-state index in [0.29, 0.717) is 43.2 Å². The van der Waals surface area contributed by atoms with Crippen molar-refractivity contribution >= 4 is 24.2 Å². The van der Waals surface area contributed by atoms with Gasteiger partial charge in [-0.05, 0) is 37.6 Å². The predicted octanol–water partition coefficient (Wildman–Crippen LogP) is 1.16. The standard InChI is InChI=1S/C18H25N3O4.ClH/c1-24-15-6-5-13(12-16(15)25-2)17(22)20-8-10-21(11-9-20)18(23)14-4-3-7-19-14;/h5-6,12,14,19H,3-4,7-11H2,1-2H3;1H. The monoisotopic (exact) mass is 383 g/mol. The molecule has 1 aromatic carbocycles. The molecule has 3 rings (SSSR count). The molecule has 26 heavy (non-hydrogen) atoms. The quantitative estimate of drug-likeness (QED) is 0.844. The Hall–Kier alpha value is -1.99. The summed E-state index contributed by atoms with van der Waals surface area (Å²) >= 11 is 0. The Kier molecular flexibility index (Phi) is 7.11. The molecule has 2 aliphatic rings. The van der Waals surface area contributed by atoms with Crippen LogP contribution in [-0.4, -0.2) is 74.6 Å². The minimum absolute atomic E-state index is 0. The third-order valence-electron chi connectivity index (χ3n) is 4.87. The average Bonchev–Trinajstić information content (AvgIpc) is 3.21. The van der Waals surface area contributed by atoms with E-state index < -0.39 is 0 Å². The van der Waals surface area contributed by atoms with Crippen molar-refractivity contribution in [1.82, 2.24) is 15.1 Å². The van der Waals surface area contributed by atoms with Crippen molar-refractivity contribution in [1.29, 1.82) is 0 Å². The molecule has 8 heteroatoms. The van der Waals surface area contributed by atoms with Crippen LogP contribution in [0.4, 0.5) is 0 Å². The number of amides is 2. The number of carbonyl (C=O) groups excluding carboxylic acids is 2. The lowest BCUT2D eigenvalue weighted by Crippen LogP contribution is -2.54. The molecule has 0 aromatic heterocycles. The highest BCUT2D eigenvalue weighted by Gasteiger charge is 2.30. The van der Waals surface area contributed by atoms with Gasteiger partial charge in [0.1, 0.15) is 0 Å². The number of rotatable bonds is 4. The van der Waals surface area contributed by atoms with Crippen LogP contribution in [0.3, 0.4) is 0 Å². The van der Waals surface area contributed by atoms with Gasteiger partial charge >= 0.3 is 0 Å². The lowest BCUT2D eigenvalue weighted by Gasteiger charge is -2.36. The van der Waals surface area contributed by atoms with Crippen LogP contribution in [0.15, 0.2) is 18.2 Å². The lowest BCUT2D eigenvalue weighted by atomic mass is 10.1. The first-order chi connectivity index (χ1) is 12.1. The van der Waals surface area contributed by atoms with Gasteiger partial charge in [0.25, 0.3) is 5.91 Å². The third-order valence-corrected chi connectivity index (χ3v) is 4.87. The first-order valence-electron chi connectivity index (χ1n) is 8.67. The fraction of sp³-hybridized carbons (Fsp3) is 0.556. The van der Waals surface area contributed by atoms with Crippen LogP contribution in [0.25, 0.3) is 0 Å². The first kappa shape index (κ1) is 20.3. The number of ether oxygens (including phenoxy) is 2. The maximum absolute atomic E-state index is 12.7. The topological polar surface area (TPSA) is 71.1 Å². The van der Waals surface area contributed by atoms with Crippen LogP contribution in [-0.2, 0) is 4.79 Å². The van der Waals surface area contributed by atoms with Crippen molar-refractivity contribution in [2.75, 3.05) is 46.9 Å². The van der Waals surface area contributed by atoms with Gasteiger partial charge in [-0.15, -0.1) is 12.4 Å². The summed E-state index contributed by atoms with van der Waals surface area (Å²) in [6.45, 7) is 3.16. The molecule has 1 unspecified atom stereocenters. The Morgan fingerprint density at radius 3 is 2.27 bits per heavy atom. The molecule has 144 valence electrons. The van der Waals surface area contributed by atoms with E-state index >= 15 is 0 Å². The van der Waals surface area contributed by atoms with E-state index in [9.17, 15) is 9.59 Å². The first-order valence-corrected chi connectivity index (χ1v) is 8.67. The second-order valence-electron chi connectivity index (χ2n) is 6.34. The van der Waals surface area contributed by atoms with Gasteiger partial charge in [0.05, 0.1) is 20.3 Å². The van der Waals surface area contributed by atoms with Crippen LogP contribution in [0.5, 0.6) is 11.5 Å². The summed E-state index contributed by atoms with van der Waals surface area (Å²) in [5, 5.41) is 3.24. The number of benzene rings is 1. The molecule has 2 aliphatic heterocycles. The van der Waals surface area contributed by atoms with E-state index in [1.165, 1.54) is 0 Å². The molecule has 0 saturated carbocycles. The summed E-state index contributed by atoms with van der Waals surface area (Å²) in [7, 11) is 3.11. The smallest absolute Gasteiger partial charge is 0.254 e. The van der Waals surface area contributed by atoms with Gasteiger partial charge in [-0.2, -0.15) is 0 Å². The molecule has 0 spiro atoms. The van der Waals surface area contributed by atoms with Gasteiger partial charge in [0.15, 0.2) is 11.5 Å². The zero-order valence-electron chi connectivity index (χ0n) is 15.2. The highest BCUT2D eigenvalue weighted by atomic mass is 35.5. The molecule has 2 heterocycles. The number of nitrogens with zero attached hydrogens (tertiary/aromatic N) is 2. The fourth-order valence-corrected chi connectivity index (χ4v) is 3.40. The largest absolute Gasteiger partial charge is 0.493 e. The number of methoxy groups -OCH3 is 2. The third kappa shape index (κ3) is 4.22. The summed E-state index contributed by atoms with van der Waals surface area (Å²) in [5.74, 6) is 1.25. The molecule has 0 bridgehead atoms. The average molecular weight is 384 g/mol. The van der Waals surface area contributed by atoms with Gasteiger partial charge in [-0.1, -0.05) is 0 Å². The van der Waals surface area contributed by atoms with E-state index in [2.05, 4.69) is 5.32 Å². The molecule has 2 amide bonds. The molecule has 2 saturated heterocycles. The Labute approximate surface area is 160 Å². The second kappa shape index (κ2) is 9.09. The summed E-state index contributed by atoms with van der Waals surface area (Å²) < 4.78 is 10.5. The zero-order valence-corrected chi connectivity index (χ0v) is 16.0. The lowest BCUT2D eigenvalue weighted by molar-refractivity contribution is -0.134. The number of hydrogen-bond acceptors (Lipinski definition) is 5. The number of carbonyl (C=O) groups is 2. The van der Waals surface area contributed by atoms with Gasteiger partial charge in [-0.25, -0.2) is 0 Å². The van der Waals surface area contributed by atoms with Crippen LogP contribution >= 0.6 is 12.4 Å². The van der Waals surface area contributed by atoms with E-state index in [1.54, 1.807) is 37.3 Å². The predicted molar refractivity (Wildman–Crippen MR) is 100 cm³/mol. The highest BCUT2D eigenvalue weighted by Crippen LogP contribution is 2.28. The zero-order chi connectivity index (χ0) is 17.8. The molecule has 1 aromatic rings. The van der Waals surface area contributed by atoms with Crippen molar-refractivity contribution in [3.63, 3.8) is 0 Å². The van der Waals surface area contributed by atoms with Crippen molar-refractivity contribution in [3.8, 4) is 11.5 Å². The molecule has 1 N–H and O–H groups in total. The van der Waals surface area contributed by atoms with Gasteiger partial charge in [-0.3, -0.25) is 9.59 Å². The van der Waals surface area contributed by atoms with Crippen molar-refractivity contribution in [2.45, 2.75) is 18.9 Å². The highest BCUT2D eigenvalue weighted by molar-refractivity contribution is 5.95. The SMILES string of the molecule is COc1ccc(C(=O)N2CCN(C(=O)C3CCCN3)CC2)cc1OC.Cl. The Balaban J connectivity index is 0.00000243. The van der Waals surface area contributed by atoms with Crippen molar-refractivity contribution in [3.05, 3.63) is 23.8 Å². The Morgan fingerprint density at radius 1 is 1.04 bits per heavy atom. The number of hydrogen-bond donors (Lipinski definition) is 1. The minimum Gasteiger partial charge on any atom is -0.493 e. The van der Waals surface area contributed by atoms with E-state index in [4.69, 9.17) is 9.47 Å². The molecular weight excluding hydrogens is 358 g/mol. The number of nitrogens with one attached hydrogen (secondary N) is 1. The van der Waals surface area contributed by atoms with Crippen LogP contribution in [0.1, 0.15) is 23.2 Å². The van der Waals surface area contributed by atoms with Gasteiger partial charge in [0, 0.05) is 31.7 Å². The van der Waals surface area contributed by atoms with Crippen LogP contribution in [0.2, 0.25) is 0 Å². The molecule has 0 aliphatic carbocycles. The van der Waals surface area contributed by atoms with Crippen molar-refractivity contribution in [2.24, 2.45) is 0 Å². The summed E-state index contributed by atoms with van der Waals surface area (Å²) in [5.41, 5.74) is 0.565. The minimum atomic E-state index is -0.0490. The second-order valence-corrected chi connectivity index (χ2v) is 6.34. The van der Waals surface area contributed by atoms with Crippen LogP contribution < -0.4 is 14.8 Å². The summed E-state index contributed by atoms with van der Waals surface area (Å²) in [6.07, 6.45) is 1.96.